The van der Waals surface area contributed by atoms with E-state index in [1.54, 1.807) is 0 Å². The third-order valence-corrected chi connectivity index (χ3v) is 6.14. The second-order valence-electron chi connectivity index (χ2n) is 7.97. The van der Waals surface area contributed by atoms with Gasteiger partial charge in [0, 0.05) is 5.56 Å². The van der Waals surface area contributed by atoms with E-state index in [9.17, 15) is 14.7 Å². The Labute approximate surface area is 200 Å². The van der Waals surface area contributed by atoms with E-state index in [1.165, 1.54) is 0 Å². The quantitative estimate of drug-likeness (QED) is 0.209. The molecule has 164 valence electrons. The van der Waals surface area contributed by atoms with Gasteiger partial charge < -0.3 is 5.11 Å². The molecule has 0 amide bonds. The number of hydrogen-bond donors (Lipinski definition) is 1. The van der Waals surface area contributed by atoms with E-state index in [4.69, 9.17) is 11.6 Å². The minimum atomic E-state index is -0.877. The molecular formula is C30H19ClO3. The Morgan fingerprint density at radius 3 is 1.09 bits per heavy atom. The molecule has 0 bridgehead atoms. The van der Waals surface area contributed by atoms with Gasteiger partial charge in [-0.05, 0) is 66.8 Å². The standard InChI is InChI=1S/C15H9ClO.C15H10O2/c2*16-15(17)14-12-7-3-1-5-10(12)9-11-6-2-4-8-13(11)14/h1-9H;1-9H,(H,16,17). The lowest BCUT2D eigenvalue weighted by Crippen LogP contribution is -1.99. The summed E-state index contributed by atoms with van der Waals surface area (Å²) < 4.78 is 0. The zero-order chi connectivity index (χ0) is 23.7. The molecule has 0 aromatic heterocycles. The summed E-state index contributed by atoms with van der Waals surface area (Å²) in [5.41, 5.74) is 0.985. The van der Waals surface area contributed by atoms with E-state index in [2.05, 4.69) is 6.07 Å². The van der Waals surface area contributed by atoms with Gasteiger partial charge in [-0.25, -0.2) is 4.79 Å². The van der Waals surface area contributed by atoms with E-state index in [0.29, 0.717) is 11.1 Å². The summed E-state index contributed by atoms with van der Waals surface area (Å²) in [5.74, 6) is -0.877. The minimum absolute atomic E-state index is 0.388. The molecule has 0 unspecified atom stereocenters. The van der Waals surface area contributed by atoms with Crippen molar-refractivity contribution in [1.29, 1.82) is 0 Å². The third kappa shape index (κ3) is 3.87. The molecule has 0 saturated carbocycles. The van der Waals surface area contributed by atoms with Crippen molar-refractivity contribution in [2.75, 3.05) is 0 Å². The highest BCUT2D eigenvalue weighted by Gasteiger charge is 2.13. The number of carboxylic acid groups (broad SMARTS) is 1. The molecule has 6 rings (SSSR count). The molecular weight excluding hydrogens is 444 g/mol. The number of rotatable bonds is 2. The Kier molecular flexibility index (Phi) is 5.70. The fraction of sp³-hybridized carbons (Fsp3) is 0. The molecule has 0 saturated heterocycles. The predicted molar refractivity (Wildman–Crippen MR) is 140 cm³/mol. The number of halogens is 1. The monoisotopic (exact) mass is 462 g/mol. The fourth-order valence-corrected chi connectivity index (χ4v) is 4.67. The molecule has 0 aliphatic heterocycles. The molecule has 4 heteroatoms. The molecule has 0 aliphatic rings. The first-order valence-corrected chi connectivity index (χ1v) is 11.2. The minimum Gasteiger partial charge on any atom is -0.478 e. The van der Waals surface area contributed by atoms with Crippen LogP contribution < -0.4 is 0 Å². The van der Waals surface area contributed by atoms with E-state index in [0.717, 1.165) is 43.1 Å². The second kappa shape index (κ2) is 8.97. The number of carbonyl (C=O) groups is 2. The molecule has 3 nitrogen and oxygen atoms in total. The normalized spacial score (nSPS) is 10.9. The van der Waals surface area contributed by atoms with Crippen molar-refractivity contribution in [1.82, 2.24) is 0 Å². The van der Waals surface area contributed by atoms with E-state index in [-0.39, 0.29) is 0 Å². The Balaban J connectivity index is 0.000000142. The first-order valence-electron chi connectivity index (χ1n) is 10.8. The molecule has 0 aliphatic carbocycles. The van der Waals surface area contributed by atoms with Gasteiger partial charge in [0.2, 0.25) is 0 Å². The van der Waals surface area contributed by atoms with Gasteiger partial charge in [0.05, 0.1) is 5.56 Å². The summed E-state index contributed by atoms with van der Waals surface area (Å²) in [4.78, 5) is 23.1. The first kappa shape index (κ1) is 21.6. The Bertz CT molecular complexity index is 1480. The van der Waals surface area contributed by atoms with Crippen LogP contribution in [0, 0.1) is 0 Å². The molecule has 34 heavy (non-hydrogen) atoms. The van der Waals surface area contributed by atoms with Crippen molar-refractivity contribution in [2.45, 2.75) is 0 Å². The lowest BCUT2D eigenvalue weighted by Gasteiger charge is -2.07. The van der Waals surface area contributed by atoms with Crippen LogP contribution in [0.25, 0.3) is 43.1 Å². The van der Waals surface area contributed by atoms with Gasteiger partial charge in [0.1, 0.15) is 0 Å². The van der Waals surface area contributed by atoms with Crippen LogP contribution in [-0.2, 0) is 0 Å². The predicted octanol–water partition coefficient (Wildman–Crippen LogP) is 8.06. The van der Waals surface area contributed by atoms with Gasteiger partial charge in [-0.3, -0.25) is 4.79 Å². The average molecular weight is 463 g/mol. The van der Waals surface area contributed by atoms with Crippen molar-refractivity contribution in [3.63, 3.8) is 0 Å². The maximum atomic E-state index is 11.6. The van der Waals surface area contributed by atoms with Crippen molar-refractivity contribution in [3.8, 4) is 0 Å². The second-order valence-corrected chi connectivity index (χ2v) is 8.31. The van der Waals surface area contributed by atoms with Crippen LogP contribution in [0.2, 0.25) is 0 Å². The molecule has 0 radical (unpaired) electrons. The molecule has 0 heterocycles. The number of fused-ring (bicyclic) bond motifs is 4. The van der Waals surface area contributed by atoms with Crippen molar-refractivity contribution in [3.05, 3.63) is 120 Å². The number of benzene rings is 6. The van der Waals surface area contributed by atoms with E-state index < -0.39 is 11.2 Å². The third-order valence-electron chi connectivity index (χ3n) is 5.95. The number of aromatic carboxylic acids is 1. The van der Waals surface area contributed by atoms with Crippen LogP contribution >= 0.6 is 11.6 Å². The highest BCUT2D eigenvalue weighted by atomic mass is 35.5. The van der Waals surface area contributed by atoms with Crippen LogP contribution in [0.4, 0.5) is 0 Å². The maximum absolute atomic E-state index is 11.6. The van der Waals surface area contributed by atoms with Gasteiger partial charge in [0.15, 0.2) is 0 Å². The zero-order valence-electron chi connectivity index (χ0n) is 18.0. The van der Waals surface area contributed by atoms with E-state index in [1.807, 2.05) is 103 Å². The Morgan fingerprint density at radius 1 is 0.500 bits per heavy atom. The number of hydrogen-bond acceptors (Lipinski definition) is 2. The van der Waals surface area contributed by atoms with Crippen LogP contribution in [0.1, 0.15) is 20.7 Å². The maximum Gasteiger partial charge on any atom is 0.336 e. The van der Waals surface area contributed by atoms with Crippen molar-refractivity contribution < 1.29 is 14.7 Å². The van der Waals surface area contributed by atoms with Gasteiger partial charge >= 0.3 is 5.97 Å². The molecule has 0 fully saturated rings. The van der Waals surface area contributed by atoms with Gasteiger partial charge in [-0.2, -0.15) is 0 Å². The lowest BCUT2D eigenvalue weighted by atomic mass is 9.97. The van der Waals surface area contributed by atoms with Crippen molar-refractivity contribution in [2.24, 2.45) is 0 Å². The fourth-order valence-electron chi connectivity index (χ4n) is 4.47. The average Bonchev–Trinajstić information content (AvgIpc) is 2.85. The highest BCUT2D eigenvalue weighted by molar-refractivity contribution is 6.69. The van der Waals surface area contributed by atoms with E-state index >= 15 is 0 Å². The summed E-state index contributed by atoms with van der Waals surface area (Å²) in [6.45, 7) is 0. The summed E-state index contributed by atoms with van der Waals surface area (Å²) >= 11 is 5.72. The summed E-state index contributed by atoms with van der Waals surface area (Å²) in [6, 6.07) is 34.8. The largest absolute Gasteiger partial charge is 0.478 e. The Hall–Kier alpha value is -4.21. The topological polar surface area (TPSA) is 54.4 Å². The van der Waals surface area contributed by atoms with Gasteiger partial charge in [0.25, 0.3) is 5.24 Å². The summed E-state index contributed by atoms with van der Waals surface area (Å²) in [6.07, 6.45) is 0. The molecule has 6 aromatic rings. The lowest BCUT2D eigenvalue weighted by molar-refractivity contribution is 0.0701. The van der Waals surface area contributed by atoms with Crippen molar-refractivity contribution >= 4 is 65.9 Å². The summed E-state index contributed by atoms with van der Waals surface area (Å²) in [7, 11) is 0. The Morgan fingerprint density at radius 2 is 0.794 bits per heavy atom. The molecule has 1 N–H and O–H groups in total. The van der Waals surface area contributed by atoms with Crippen LogP contribution in [0.3, 0.4) is 0 Å². The van der Waals surface area contributed by atoms with Gasteiger partial charge in [-0.15, -0.1) is 0 Å². The van der Waals surface area contributed by atoms with Crippen LogP contribution in [0.15, 0.2) is 109 Å². The first-order chi connectivity index (χ1) is 16.5. The number of carbonyl (C=O) groups excluding carboxylic acids is 1. The SMILES string of the molecule is O=C(Cl)c1c2ccccc2cc2ccccc12.O=C(O)c1c2ccccc2cc2ccccc12. The molecule has 0 spiro atoms. The zero-order valence-corrected chi connectivity index (χ0v) is 18.8. The smallest absolute Gasteiger partial charge is 0.336 e. The van der Waals surface area contributed by atoms with Crippen LogP contribution in [-0.4, -0.2) is 16.3 Å². The molecule has 6 aromatic carbocycles. The van der Waals surface area contributed by atoms with Crippen LogP contribution in [0.5, 0.6) is 0 Å². The summed E-state index contributed by atoms with van der Waals surface area (Å²) in [5, 5.41) is 16.4. The number of carboxylic acids is 1. The highest BCUT2D eigenvalue weighted by Crippen LogP contribution is 2.30. The van der Waals surface area contributed by atoms with Gasteiger partial charge in [-0.1, -0.05) is 97.1 Å². The molecule has 0 atom stereocenters.